The van der Waals surface area contributed by atoms with Crippen LogP contribution in [0.25, 0.3) is 11.1 Å². The minimum absolute atomic E-state index is 0.555. The van der Waals surface area contributed by atoms with Gasteiger partial charge in [-0.25, -0.2) is 0 Å². The second-order valence-corrected chi connectivity index (χ2v) is 5.02. The summed E-state index contributed by atoms with van der Waals surface area (Å²) in [6.07, 6.45) is 0.937. The molecule has 3 N–H and O–H groups in total. The molecule has 0 saturated heterocycles. The van der Waals surface area contributed by atoms with Crippen LogP contribution in [-0.4, -0.2) is 16.8 Å². The summed E-state index contributed by atoms with van der Waals surface area (Å²) < 4.78 is 5.45. The minimum Gasteiger partial charge on any atom is -0.494 e. The van der Waals surface area contributed by atoms with Crippen LogP contribution in [0.1, 0.15) is 26.5 Å². The third-order valence-electron chi connectivity index (χ3n) is 2.94. The molecule has 19 heavy (non-hydrogen) atoms. The first-order valence-electron chi connectivity index (χ1n) is 6.67. The van der Waals surface area contributed by atoms with Crippen molar-refractivity contribution < 1.29 is 4.74 Å². The number of nitrogens with one attached hydrogen (secondary N) is 1. The maximum Gasteiger partial charge on any atom is 0.153 e. The summed E-state index contributed by atoms with van der Waals surface area (Å²) in [4.78, 5) is 0. The fraction of sp³-hybridized carbons (Fsp3) is 0.400. The summed E-state index contributed by atoms with van der Waals surface area (Å²) in [5.74, 6) is 1.99. The van der Waals surface area contributed by atoms with E-state index in [1.807, 2.05) is 31.2 Å². The molecule has 1 heterocycles. The summed E-state index contributed by atoms with van der Waals surface area (Å²) in [6.45, 7) is 7.01. The lowest BCUT2D eigenvalue weighted by atomic mass is 9.99. The van der Waals surface area contributed by atoms with Gasteiger partial charge in [-0.05, 0) is 37.0 Å². The van der Waals surface area contributed by atoms with Crippen molar-refractivity contribution in [1.29, 1.82) is 0 Å². The third kappa shape index (κ3) is 3.08. The van der Waals surface area contributed by atoms with Crippen LogP contribution in [0.2, 0.25) is 0 Å². The fourth-order valence-electron chi connectivity index (χ4n) is 2.16. The number of ether oxygens (including phenoxy) is 1. The van der Waals surface area contributed by atoms with Crippen LogP contribution in [0.3, 0.4) is 0 Å². The Morgan fingerprint density at radius 1 is 1.26 bits per heavy atom. The molecule has 2 rings (SSSR count). The first kappa shape index (κ1) is 13.5. The SMILES string of the molecule is CCOc1ccc(-c2c(N)n[nH]c2CC(C)C)cc1. The molecular weight excluding hydrogens is 238 g/mol. The van der Waals surface area contributed by atoms with Crippen molar-refractivity contribution >= 4 is 5.82 Å². The molecule has 0 atom stereocenters. The number of aromatic nitrogens is 2. The zero-order chi connectivity index (χ0) is 13.8. The molecule has 0 aliphatic carbocycles. The Morgan fingerprint density at radius 2 is 1.95 bits per heavy atom. The highest BCUT2D eigenvalue weighted by Gasteiger charge is 2.14. The molecule has 0 radical (unpaired) electrons. The monoisotopic (exact) mass is 259 g/mol. The molecule has 2 aromatic rings. The van der Waals surface area contributed by atoms with E-state index in [4.69, 9.17) is 10.5 Å². The highest BCUT2D eigenvalue weighted by molar-refractivity contribution is 5.76. The van der Waals surface area contributed by atoms with E-state index in [-0.39, 0.29) is 0 Å². The van der Waals surface area contributed by atoms with E-state index in [0.29, 0.717) is 18.3 Å². The highest BCUT2D eigenvalue weighted by atomic mass is 16.5. The second kappa shape index (κ2) is 5.78. The van der Waals surface area contributed by atoms with Crippen molar-refractivity contribution in [3.8, 4) is 16.9 Å². The van der Waals surface area contributed by atoms with Crippen molar-refractivity contribution in [3.05, 3.63) is 30.0 Å². The summed E-state index contributed by atoms with van der Waals surface area (Å²) >= 11 is 0. The van der Waals surface area contributed by atoms with Gasteiger partial charge in [-0.2, -0.15) is 5.10 Å². The van der Waals surface area contributed by atoms with E-state index in [1.165, 1.54) is 0 Å². The Bertz CT molecular complexity index is 529. The molecule has 0 fully saturated rings. The predicted octanol–water partition coefficient (Wildman–Crippen LogP) is 3.26. The number of nitrogens with zero attached hydrogens (tertiary/aromatic N) is 1. The first-order valence-corrected chi connectivity index (χ1v) is 6.67. The molecule has 0 aliphatic heterocycles. The predicted molar refractivity (Wildman–Crippen MR) is 78.1 cm³/mol. The lowest BCUT2D eigenvalue weighted by molar-refractivity contribution is 0.340. The minimum atomic E-state index is 0.555. The van der Waals surface area contributed by atoms with Gasteiger partial charge in [-0.3, -0.25) is 5.10 Å². The molecule has 0 saturated carbocycles. The van der Waals surface area contributed by atoms with Gasteiger partial charge in [0.15, 0.2) is 5.82 Å². The lowest BCUT2D eigenvalue weighted by Crippen LogP contribution is -1.97. The summed E-state index contributed by atoms with van der Waals surface area (Å²) in [6, 6.07) is 7.97. The lowest BCUT2D eigenvalue weighted by Gasteiger charge is -2.08. The summed E-state index contributed by atoms with van der Waals surface area (Å²) in [5.41, 5.74) is 9.15. The smallest absolute Gasteiger partial charge is 0.153 e. The average molecular weight is 259 g/mol. The number of hydrogen-bond acceptors (Lipinski definition) is 3. The van der Waals surface area contributed by atoms with Gasteiger partial charge >= 0.3 is 0 Å². The van der Waals surface area contributed by atoms with Crippen molar-refractivity contribution in [1.82, 2.24) is 10.2 Å². The number of rotatable bonds is 5. The van der Waals surface area contributed by atoms with Crippen LogP contribution in [0.15, 0.2) is 24.3 Å². The van der Waals surface area contributed by atoms with Crippen LogP contribution < -0.4 is 10.5 Å². The van der Waals surface area contributed by atoms with Gasteiger partial charge in [0.2, 0.25) is 0 Å². The Hall–Kier alpha value is -1.97. The van der Waals surface area contributed by atoms with Gasteiger partial charge < -0.3 is 10.5 Å². The molecule has 0 bridgehead atoms. The van der Waals surface area contributed by atoms with E-state index < -0.39 is 0 Å². The second-order valence-electron chi connectivity index (χ2n) is 5.02. The number of nitrogen functional groups attached to an aromatic ring is 1. The largest absolute Gasteiger partial charge is 0.494 e. The third-order valence-corrected chi connectivity index (χ3v) is 2.94. The van der Waals surface area contributed by atoms with Crippen LogP contribution in [0.4, 0.5) is 5.82 Å². The zero-order valence-corrected chi connectivity index (χ0v) is 11.7. The highest BCUT2D eigenvalue weighted by Crippen LogP contribution is 2.30. The average Bonchev–Trinajstić information content (AvgIpc) is 2.71. The van der Waals surface area contributed by atoms with E-state index >= 15 is 0 Å². The molecule has 1 aromatic carbocycles. The molecule has 4 nitrogen and oxygen atoms in total. The van der Waals surface area contributed by atoms with Crippen molar-refractivity contribution in [2.24, 2.45) is 5.92 Å². The molecule has 0 aliphatic rings. The quantitative estimate of drug-likeness (QED) is 0.866. The standard InChI is InChI=1S/C15H21N3O/c1-4-19-12-7-5-11(6-8-12)14-13(9-10(2)3)17-18-15(14)16/h5-8,10H,4,9H2,1-3H3,(H3,16,17,18). The van der Waals surface area contributed by atoms with Gasteiger partial charge in [0.25, 0.3) is 0 Å². The Labute approximate surface area is 114 Å². The van der Waals surface area contributed by atoms with E-state index in [9.17, 15) is 0 Å². The van der Waals surface area contributed by atoms with Crippen molar-refractivity contribution in [2.75, 3.05) is 12.3 Å². The Balaban J connectivity index is 2.32. The molecule has 0 unspecified atom stereocenters. The van der Waals surface area contributed by atoms with Crippen LogP contribution in [0.5, 0.6) is 5.75 Å². The van der Waals surface area contributed by atoms with Crippen molar-refractivity contribution in [2.45, 2.75) is 27.2 Å². The van der Waals surface area contributed by atoms with Crippen LogP contribution >= 0.6 is 0 Å². The van der Waals surface area contributed by atoms with Gasteiger partial charge in [0, 0.05) is 11.3 Å². The number of anilines is 1. The number of hydrogen-bond donors (Lipinski definition) is 2. The zero-order valence-electron chi connectivity index (χ0n) is 11.7. The number of nitrogens with two attached hydrogens (primary N) is 1. The van der Waals surface area contributed by atoms with Gasteiger partial charge in [-0.1, -0.05) is 26.0 Å². The number of H-pyrrole nitrogens is 1. The van der Waals surface area contributed by atoms with Gasteiger partial charge in [0.05, 0.1) is 6.61 Å². The summed E-state index contributed by atoms with van der Waals surface area (Å²) in [5, 5.41) is 7.16. The molecule has 4 heteroatoms. The van der Waals surface area contributed by atoms with Crippen molar-refractivity contribution in [3.63, 3.8) is 0 Å². The maximum atomic E-state index is 5.97. The first-order chi connectivity index (χ1) is 9.11. The molecule has 0 spiro atoms. The van der Waals surface area contributed by atoms with E-state index in [2.05, 4.69) is 24.0 Å². The molecule has 0 amide bonds. The van der Waals surface area contributed by atoms with Crippen LogP contribution in [0, 0.1) is 5.92 Å². The van der Waals surface area contributed by atoms with Gasteiger partial charge in [0.1, 0.15) is 5.75 Å². The topological polar surface area (TPSA) is 63.9 Å². The van der Waals surface area contributed by atoms with Crippen LogP contribution in [-0.2, 0) is 6.42 Å². The normalized spacial score (nSPS) is 10.9. The van der Waals surface area contributed by atoms with E-state index in [1.54, 1.807) is 0 Å². The summed E-state index contributed by atoms with van der Waals surface area (Å²) in [7, 11) is 0. The van der Waals surface area contributed by atoms with Gasteiger partial charge in [-0.15, -0.1) is 0 Å². The molecule has 102 valence electrons. The van der Waals surface area contributed by atoms with E-state index in [0.717, 1.165) is 29.0 Å². The number of aromatic amines is 1. The Kier molecular flexibility index (Phi) is 4.10. The fourth-order valence-corrected chi connectivity index (χ4v) is 2.16. The molecule has 1 aromatic heterocycles. The number of benzene rings is 1. The maximum absolute atomic E-state index is 5.97. The molecular formula is C15H21N3O. The Morgan fingerprint density at radius 3 is 2.53 bits per heavy atom.